The highest BCUT2D eigenvalue weighted by Crippen LogP contribution is 2.25. The molecule has 2 amide bonds. The average Bonchev–Trinajstić information content (AvgIpc) is 2.45. The molecule has 23 heavy (non-hydrogen) atoms. The Kier molecular flexibility index (Phi) is 5.64. The normalized spacial score (nSPS) is 10.3. The molecular weight excluding hydrogens is 335 g/mol. The van der Waals surface area contributed by atoms with Crippen molar-refractivity contribution in [2.75, 3.05) is 10.6 Å². The van der Waals surface area contributed by atoms with Crippen LogP contribution in [0.1, 0.15) is 17.5 Å². The first-order valence-corrected chi connectivity index (χ1v) is 7.73. The molecule has 2 N–H and O–H groups in total. The topological polar surface area (TPSA) is 58.2 Å². The van der Waals surface area contributed by atoms with E-state index in [1.54, 1.807) is 12.1 Å². The van der Waals surface area contributed by atoms with E-state index in [4.69, 9.17) is 23.2 Å². The van der Waals surface area contributed by atoms with Crippen LogP contribution in [0.25, 0.3) is 0 Å². The zero-order valence-corrected chi connectivity index (χ0v) is 14.3. The van der Waals surface area contributed by atoms with Crippen molar-refractivity contribution in [1.82, 2.24) is 0 Å². The highest BCUT2D eigenvalue weighted by atomic mass is 35.5. The molecular formula is C17H16Cl2N2O2. The van der Waals surface area contributed by atoms with Gasteiger partial charge in [-0.1, -0.05) is 40.9 Å². The molecule has 0 atom stereocenters. The molecule has 6 heteroatoms. The molecule has 2 aromatic carbocycles. The predicted molar refractivity (Wildman–Crippen MR) is 94.3 cm³/mol. The first-order valence-electron chi connectivity index (χ1n) is 6.97. The van der Waals surface area contributed by atoms with Gasteiger partial charge in [-0.25, -0.2) is 0 Å². The third-order valence-corrected chi connectivity index (χ3v) is 3.73. The van der Waals surface area contributed by atoms with E-state index in [2.05, 4.69) is 10.6 Å². The van der Waals surface area contributed by atoms with Crippen LogP contribution < -0.4 is 10.6 Å². The van der Waals surface area contributed by atoms with E-state index in [1.807, 2.05) is 32.0 Å². The Hall–Kier alpha value is -2.04. The van der Waals surface area contributed by atoms with Gasteiger partial charge in [-0.2, -0.15) is 0 Å². The van der Waals surface area contributed by atoms with Crippen molar-refractivity contribution in [2.24, 2.45) is 0 Å². The summed E-state index contributed by atoms with van der Waals surface area (Å²) in [7, 11) is 0. The molecule has 0 bridgehead atoms. The van der Waals surface area contributed by atoms with Gasteiger partial charge in [0, 0.05) is 10.7 Å². The fourth-order valence-electron chi connectivity index (χ4n) is 2.08. The van der Waals surface area contributed by atoms with E-state index in [0.717, 1.165) is 11.1 Å². The molecule has 2 aromatic rings. The van der Waals surface area contributed by atoms with Crippen molar-refractivity contribution in [3.05, 3.63) is 57.6 Å². The summed E-state index contributed by atoms with van der Waals surface area (Å²) in [6, 6.07) is 10.4. The maximum absolute atomic E-state index is 12.0. The summed E-state index contributed by atoms with van der Waals surface area (Å²) in [6.45, 7) is 3.87. The van der Waals surface area contributed by atoms with Gasteiger partial charge in [0.1, 0.15) is 6.42 Å². The number of amides is 2. The molecule has 0 aliphatic heterocycles. The van der Waals surface area contributed by atoms with Crippen LogP contribution in [0.5, 0.6) is 0 Å². The van der Waals surface area contributed by atoms with Crippen LogP contribution in [0.2, 0.25) is 10.0 Å². The SMILES string of the molecule is Cc1ccc(NC(=O)CC(=O)Nc2ccc(Cl)cc2Cl)c(C)c1. The Morgan fingerprint density at radius 3 is 2.13 bits per heavy atom. The second kappa shape index (κ2) is 7.49. The quantitative estimate of drug-likeness (QED) is 0.793. The minimum absolute atomic E-state index is 0.299. The van der Waals surface area contributed by atoms with Gasteiger partial charge >= 0.3 is 0 Å². The van der Waals surface area contributed by atoms with E-state index in [-0.39, 0.29) is 12.3 Å². The summed E-state index contributed by atoms with van der Waals surface area (Å²) in [4.78, 5) is 23.9. The molecule has 0 saturated heterocycles. The van der Waals surface area contributed by atoms with Crippen LogP contribution in [-0.4, -0.2) is 11.8 Å². The largest absolute Gasteiger partial charge is 0.325 e. The molecule has 0 aliphatic rings. The molecule has 0 unspecified atom stereocenters. The van der Waals surface area contributed by atoms with Gasteiger partial charge in [0.05, 0.1) is 10.7 Å². The highest BCUT2D eigenvalue weighted by molar-refractivity contribution is 6.36. The molecule has 0 heterocycles. The Balaban J connectivity index is 1.95. The number of halogens is 2. The van der Waals surface area contributed by atoms with Crippen LogP contribution in [0.3, 0.4) is 0 Å². The molecule has 4 nitrogen and oxygen atoms in total. The van der Waals surface area contributed by atoms with Crippen LogP contribution in [0.4, 0.5) is 11.4 Å². The third-order valence-electron chi connectivity index (χ3n) is 3.18. The summed E-state index contributed by atoms with van der Waals surface area (Å²) < 4.78 is 0. The molecule has 0 radical (unpaired) electrons. The minimum Gasteiger partial charge on any atom is -0.325 e. The van der Waals surface area contributed by atoms with Gasteiger partial charge in [-0.15, -0.1) is 0 Å². The Bertz CT molecular complexity index is 697. The lowest BCUT2D eigenvalue weighted by atomic mass is 10.1. The number of benzene rings is 2. The zero-order chi connectivity index (χ0) is 17.0. The molecule has 120 valence electrons. The first kappa shape index (κ1) is 17.3. The zero-order valence-electron chi connectivity index (χ0n) is 12.7. The fourth-order valence-corrected chi connectivity index (χ4v) is 2.54. The number of aryl methyl sites for hydroxylation is 2. The number of nitrogens with one attached hydrogen (secondary N) is 2. The molecule has 0 saturated carbocycles. The second-order valence-corrected chi connectivity index (χ2v) is 6.06. The number of carbonyl (C=O) groups excluding carboxylic acids is 2. The van der Waals surface area contributed by atoms with Crippen molar-refractivity contribution in [3.63, 3.8) is 0 Å². The van der Waals surface area contributed by atoms with Gasteiger partial charge in [-0.05, 0) is 43.7 Å². The van der Waals surface area contributed by atoms with E-state index >= 15 is 0 Å². The van der Waals surface area contributed by atoms with Gasteiger partial charge < -0.3 is 10.6 Å². The van der Waals surface area contributed by atoms with E-state index in [1.165, 1.54) is 6.07 Å². The van der Waals surface area contributed by atoms with Gasteiger partial charge in [0.2, 0.25) is 11.8 Å². The summed E-state index contributed by atoms with van der Waals surface area (Å²) in [5.74, 6) is -0.837. The molecule has 0 aromatic heterocycles. The number of hydrogen-bond acceptors (Lipinski definition) is 2. The van der Waals surface area contributed by atoms with Crippen LogP contribution in [-0.2, 0) is 9.59 Å². The van der Waals surface area contributed by atoms with Crippen molar-refractivity contribution in [3.8, 4) is 0 Å². The minimum atomic E-state index is -0.448. The van der Waals surface area contributed by atoms with Crippen LogP contribution >= 0.6 is 23.2 Å². The molecule has 0 fully saturated rings. The maximum Gasteiger partial charge on any atom is 0.233 e. The van der Waals surface area contributed by atoms with E-state index in [0.29, 0.717) is 21.4 Å². The second-order valence-electron chi connectivity index (χ2n) is 5.22. The molecule has 0 aliphatic carbocycles. The smallest absolute Gasteiger partial charge is 0.233 e. The number of carbonyl (C=O) groups is 2. The van der Waals surface area contributed by atoms with Crippen molar-refractivity contribution in [1.29, 1.82) is 0 Å². The van der Waals surface area contributed by atoms with Gasteiger partial charge in [0.15, 0.2) is 0 Å². The van der Waals surface area contributed by atoms with E-state index in [9.17, 15) is 9.59 Å². The summed E-state index contributed by atoms with van der Waals surface area (Å²) in [5.41, 5.74) is 3.16. The molecule has 2 rings (SSSR count). The van der Waals surface area contributed by atoms with Gasteiger partial charge in [-0.3, -0.25) is 9.59 Å². The summed E-state index contributed by atoms with van der Waals surface area (Å²) in [6.07, 6.45) is -0.299. The Morgan fingerprint density at radius 1 is 0.913 bits per heavy atom. The monoisotopic (exact) mass is 350 g/mol. The number of hydrogen-bond donors (Lipinski definition) is 2. The first-order chi connectivity index (χ1) is 10.8. The van der Waals surface area contributed by atoms with Gasteiger partial charge in [0.25, 0.3) is 0 Å². The summed E-state index contributed by atoms with van der Waals surface area (Å²) >= 11 is 11.8. The van der Waals surface area contributed by atoms with Crippen LogP contribution in [0, 0.1) is 13.8 Å². The Morgan fingerprint density at radius 2 is 1.52 bits per heavy atom. The lowest BCUT2D eigenvalue weighted by molar-refractivity contribution is -0.123. The van der Waals surface area contributed by atoms with Crippen molar-refractivity contribution in [2.45, 2.75) is 20.3 Å². The lowest BCUT2D eigenvalue weighted by Gasteiger charge is -2.10. The maximum atomic E-state index is 12.0. The van der Waals surface area contributed by atoms with Crippen molar-refractivity contribution >= 4 is 46.4 Å². The molecule has 0 spiro atoms. The van der Waals surface area contributed by atoms with Crippen LogP contribution in [0.15, 0.2) is 36.4 Å². The standard InChI is InChI=1S/C17H16Cl2N2O2/c1-10-3-5-14(11(2)7-10)20-16(22)9-17(23)21-15-6-4-12(18)8-13(15)19/h3-8H,9H2,1-2H3,(H,20,22)(H,21,23). The van der Waals surface area contributed by atoms with E-state index < -0.39 is 5.91 Å². The summed E-state index contributed by atoms with van der Waals surface area (Å²) in [5, 5.41) is 6.10. The Labute approximate surface area is 144 Å². The average molecular weight is 351 g/mol. The highest BCUT2D eigenvalue weighted by Gasteiger charge is 2.12. The number of rotatable bonds is 4. The predicted octanol–water partition coefficient (Wildman–Crippen LogP) is 4.58. The number of anilines is 2. The van der Waals surface area contributed by atoms with Crippen molar-refractivity contribution < 1.29 is 9.59 Å². The fraction of sp³-hybridized carbons (Fsp3) is 0.176. The lowest BCUT2D eigenvalue weighted by Crippen LogP contribution is -2.21. The third kappa shape index (κ3) is 4.98.